The smallest absolute Gasteiger partial charge is 0.391 e. The van der Waals surface area contributed by atoms with Gasteiger partial charge in [0.2, 0.25) is 5.89 Å². The van der Waals surface area contributed by atoms with Gasteiger partial charge in [0, 0.05) is 12.8 Å². The molecule has 3 aromatic rings. The number of likely N-dealkylation sites (tertiary alicyclic amines) is 1. The molecule has 5 heteroatoms. The lowest BCUT2D eigenvalue weighted by molar-refractivity contribution is -0.888. The second-order valence-electron chi connectivity index (χ2n) is 6.89. The first-order valence-corrected chi connectivity index (χ1v) is 9.32. The maximum atomic E-state index is 12.3. The molecule has 0 atom stereocenters. The van der Waals surface area contributed by atoms with E-state index in [-0.39, 0.29) is 11.7 Å². The fourth-order valence-electron chi connectivity index (χ4n) is 3.74. The van der Waals surface area contributed by atoms with E-state index < -0.39 is 0 Å². The molecule has 2 aromatic carbocycles. The van der Waals surface area contributed by atoms with Crippen LogP contribution in [-0.2, 0) is 6.54 Å². The van der Waals surface area contributed by atoms with Crippen LogP contribution >= 0.6 is 0 Å². The third kappa shape index (κ3) is 3.63. The Morgan fingerprint density at radius 2 is 1.54 bits per heavy atom. The summed E-state index contributed by atoms with van der Waals surface area (Å²) in [5, 5.41) is 4.55. The molecule has 0 radical (unpaired) electrons. The normalized spacial score (nSPS) is 15.0. The quantitative estimate of drug-likeness (QED) is 0.736. The number of rotatable bonds is 6. The Balaban J connectivity index is 1.64. The summed E-state index contributed by atoms with van der Waals surface area (Å²) < 4.78 is 7.07. The van der Waals surface area contributed by atoms with Crippen LogP contribution in [0.4, 0.5) is 0 Å². The molecule has 1 aliphatic rings. The molecule has 134 valence electrons. The van der Waals surface area contributed by atoms with Crippen LogP contribution in [0, 0.1) is 0 Å². The molecule has 1 N–H and O–H groups in total. The van der Waals surface area contributed by atoms with E-state index in [1.165, 1.54) is 30.6 Å². The summed E-state index contributed by atoms with van der Waals surface area (Å²) in [7, 11) is 0. The zero-order chi connectivity index (χ0) is 17.8. The molecule has 1 fully saturated rings. The van der Waals surface area contributed by atoms with Crippen LogP contribution in [0.25, 0.3) is 0 Å². The Hall–Kier alpha value is -2.66. The number of benzene rings is 2. The number of hydrogen-bond donors (Lipinski definition) is 1. The fourth-order valence-corrected chi connectivity index (χ4v) is 3.74. The highest BCUT2D eigenvalue weighted by Crippen LogP contribution is 2.29. The van der Waals surface area contributed by atoms with Gasteiger partial charge in [-0.2, -0.15) is 4.68 Å². The Labute approximate surface area is 152 Å². The predicted octanol–water partition coefficient (Wildman–Crippen LogP) is 1.70. The summed E-state index contributed by atoms with van der Waals surface area (Å²) in [5.74, 6) is -0.0789. The zero-order valence-electron chi connectivity index (χ0n) is 14.8. The summed E-state index contributed by atoms with van der Waals surface area (Å²) in [6, 6.07) is 20.1. The zero-order valence-corrected chi connectivity index (χ0v) is 14.8. The summed E-state index contributed by atoms with van der Waals surface area (Å²) in [4.78, 5) is 13.9. The third-order valence-corrected chi connectivity index (χ3v) is 5.12. The lowest BCUT2D eigenvalue weighted by Gasteiger charge is -2.14. The minimum Gasteiger partial charge on any atom is -0.391 e. The monoisotopic (exact) mass is 350 g/mol. The molecule has 0 saturated carbocycles. The maximum Gasteiger partial charge on any atom is 0.437 e. The molecule has 5 nitrogen and oxygen atoms in total. The molecule has 0 aliphatic carbocycles. The average molecular weight is 350 g/mol. The van der Waals surface area contributed by atoms with E-state index >= 15 is 0 Å². The highest BCUT2D eigenvalue weighted by atomic mass is 16.4. The van der Waals surface area contributed by atoms with Crippen molar-refractivity contribution in [3.63, 3.8) is 0 Å². The van der Waals surface area contributed by atoms with Gasteiger partial charge in [-0.1, -0.05) is 60.7 Å². The molecule has 4 rings (SSSR count). The average Bonchev–Trinajstić information content (AvgIpc) is 3.32. The van der Waals surface area contributed by atoms with Crippen molar-refractivity contribution in [2.45, 2.75) is 25.3 Å². The van der Waals surface area contributed by atoms with Crippen LogP contribution in [0.2, 0.25) is 0 Å². The van der Waals surface area contributed by atoms with E-state index in [1.54, 1.807) is 4.90 Å². The van der Waals surface area contributed by atoms with Crippen LogP contribution in [-0.4, -0.2) is 29.4 Å². The minimum absolute atomic E-state index is 0.175. The van der Waals surface area contributed by atoms with Crippen LogP contribution in [0.1, 0.15) is 35.8 Å². The molecule has 0 spiro atoms. The summed E-state index contributed by atoms with van der Waals surface area (Å²) in [6.07, 6.45) is 2.55. The fraction of sp³-hybridized carbons (Fsp3) is 0.333. The van der Waals surface area contributed by atoms with E-state index in [0.717, 1.165) is 17.7 Å². The number of quaternary nitrogens is 1. The molecule has 1 aliphatic heterocycles. The maximum absolute atomic E-state index is 12.3. The van der Waals surface area contributed by atoms with Gasteiger partial charge in [0.25, 0.3) is 0 Å². The van der Waals surface area contributed by atoms with Crippen LogP contribution in [0.3, 0.4) is 0 Å². The van der Waals surface area contributed by atoms with Gasteiger partial charge in [0.05, 0.1) is 32.1 Å². The Morgan fingerprint density at radius 1 is 0.962 bits per heavy atom. The van der Waals surface area contributed by atoms with Crippen molar-refractivity contribution in [3.05, 3.63) is 88.2 Å². The van der Waals surface area contributed by atoms with Gasteiger partial charge in [0.1, 0.15) is 0 Å². The van der Waals surface area contributed by atoms with Crippen molar-refractivity contribution in [3.8, 4) is 0 Å². The standard InChI is InChI=1S/C21H23N3O2/c25-21-24(16-15-23-13-7-8-14-23)22-20(26-21)19(17-9-3-1-4-10-17)18-11-5-2-6-12-18/h1-6,9-12,19H,7-8,13-16H2/p+1. The van der Waals surface area contributed by atoms with Crippen molar-refractivity contribution in [2.75, 3.05) is 19.6 Å². The van der Waals surface area contributed by atoms with Crippen LogP contribution in [0.15, 0.2) is 69.9 Å². The molecule has 1 saturated heterocycles. The lowest BCUT2D eigenvalue weighted by Crippen LogP contribution is -3.10. The number of nitrogens with one attached hydrogen (secondary N) is 1. The van der Waals surface area contributed by atoms with Gasteiger partial charge in [-0.05, 0) is 11.1 Å². The Kier molecular flexibility index (Phi) is 4.97. The van der Waals surface area contributed by atoms with Gasteiger partial charge < -0.3 is 9.32 Å². The van der Waals surface area contributed by atoms with Crippen molar-refractivity contribution in [1.82, 2.24) is 9.78 Å². The van der Waals surface area contributed by atoms with Gasteiger partial charge in [-0.15, -0.1) is 5.10 Å². The largest absolute Gasteiger partial charge is 0.437 e. The highest BCUT2D eigenvalue weighted by Gasteiger charge is 2.24. The molecular weight excluding hydrogens is 326 g/mol. The topological polar surface area (TPSA) is 52.5 Å². The van der Waals surface area contributed by atoms with E-state index in [1.807, 2.05) is 60.7 Å². The van der Waals surface area contributed by atoms with Gasteiger partial charge in [-0.3, -0.25) is 0 Å². The molecule has 26 heavy (non-hydrogen) atoms. The van der Waals surface area contributed by atoms with E-state index in [2.05, 4.69) is 5.10 Å². The van der Waals surface area contributed by atoms with E-state index in [4.69, 9.17) is 4.42 Å². The molecular formula is C21H24N3O2+. The molecule has 2 heterocycles. The summed E-state index contributed by atoms with van der Waals surface area (Å²) >= 11 is 0. The first-order valence-electron chi connectivity index (χ1n) is 9.32. The number of nitrogens with zero attached hydrogens (tertiary/aromatic N) is 2. The SMILES string of the molecule is O=c1oc(C(c2ccccc2)c2ccccc2)nn1CC[NH+]1CCCC1. The molecule has 0 bridgehead atoms. The lowest BCUT2D eigenvalue weighted by atomic mass is 9.91. The second kappa shape index (κ2) is 7.70. The van der Waals surface area contributed by atoms with Crippen LogP contribution < -0.4 is 10.7 Å². The van der Waals surface area contributed by atoms with Gasteiger partial charge >= 0.3 is 5.76 Å². The van der Waals surface area contributed by atoms with E-state index in [0.29, 0.717) is 12.4 Å². The van der Waals surface area contributed by atoms with Crippen molar-refractivity contribution in [1.29, 1.82) is 0 Å². The van der Waals surface area contributed by atoms with Crippen molar-refractivity contribution >= 4 is 0 Å². The van der Waals surface area contributed by atoms with Gasteiger partial charge in [-0.25, -0.2) is 4.79 Å². The van der Waals surface area contributed by atoms with Crippen LogP contribution in [0.5, 0.6) is 0 Å². The predicted molar refractivity (Wildman–Crippen MR) is 99.4 cm³/mol. The minimum atomic E-state index is -0.365. The molecule has 0 unspecified atom stereocenters. The summed E-state index contributed by atoms with van der Waals surface area (Å²) in [5.41, 5.74) is 2.13. The van der Waals surface area contributed by atoms with Crippen molar-refractivity contribution in [2.24, 2.45) is 0 Å². The Bertz CT molecular complexity index is 841. The Morgan fingerprint density at radius 3 is 2.12 bits per heavy atom. The molecule has 1 aromatic heterocycles. The molecule has 0 amide bonds. The number of hydrogen-bond acceptors (Lipinski definition) is 3. The van der Waals surface area contributed by atoms with Gasteiger partial charge in [0.15, 0.2) is 0 Å². The first kappa shape index (κ1) is 16.8. The first-order chi connectivity index (χ1) is 12.8. The van der Waals surface area contributed by atoms with Crippen molar-refractivity contribution < 1.29 is 9.32 Å². The highest BCUT2D eigenvalue weighted by molar-refractivity contribution is 5.37. The summed E-state index contributed by atoms with van der Waals surface area (Å²) in [6.45, 7) is 3.91. The number of aromatic nitrogens is 2. The van der Waals surface area contributed by atoms with E-state index in [9.17, 15) is 4.79 Å². The third-order valence-electron chi connectivity index (χ3n) is 5.12. The second-order valence-corrected chi connectivity index (χ2v) is 6.89.